The fourth-order valence-corrected chi connectivity index (χ4v) is 2.74. The van der Waals surface area contributed by atoms with E-state index < -0.39 is 0 Å². The van der Waals surface area contributed by atoms with Crippen LogP contribution in [0.1, 0.15) is 19.4 Å². The van der Waals surface area contributed by atoms with Crippen LogP contribution in [0.25, 0.3) is 11.0 Å². The largest absolute Gasteiger partial charge is 0.494 e. The van der Waals surface area contributed by atoms with Gasteiger partial charge in [-0.1, -0.05) is 29.5 Å². The molecule has 130 valence electrons. The van der Waals surface area contributed by atoms with Gasteiger partial charge >= 0.3 is 0 Å². The van der Waals surface area contributed by atoms with Gasteiger partial charge in [0.15, 0.2) is 0 Å². The van der Waals surface area contributed by atoms with Crippen molar-refractivity contribution in [3.63, 3.8) is 0 Å². The predicted molar refractivity (Wildman–Crippen MR) is 96.4 cm³/mol. The summed E-state index contributed by atoms with van der Waals surface area (Å²) in [4.78, 5) is 12.2. The van der Waals surface area contributed by atoms with Gasteiger partial charge in [0.05, 0.1) is 25.1 Å². The number of amides is 1. The minimum Gasteiger partial charge on any atom is -0.494 e. The molecule has 0 aliphatic heterocycles. The molecule has 25 heavy (non-hydrogen) atoms. The maximum Gasteiger partial charge on any atom is 0.224 e. The molecule has 0 aliphatic carbocycles. The maximum absolute atomic E-state index is 12.2. The quantitative estimate of drug-likeness (QED) is 0.719. The number of fused-ring (bicyclic) bond motifs is 1. The zero-order chi connectivity index (χ0) is 17.6. The smallest absolute Gasteiger partial charge is 0.224 e. The highest BCUT2D eigenvalue weighted by Gasteiger charge is 2.11. The maximum atomic E-state index is 12.2. The van der Waals surface area contributed by atoms with E-state index in [1.807, 2.05) is 67.1 Å². The number of hydrogen-bond donors (Lipinski definition) is 1. The van der Waals surface area contributed by atoms with E-state index in [0.29, 0.717) is 19.6 Å². The second-order valence-electron chi connectivity index (χ2n) is 5.98. The fraction of sp³-hybridized carbons (Fsp3) is 0.316. The van der Waals surface area contributed by atoms with Gasteiger partial charge in [-0.05, 0) is 43.7 Å². The van der Waals surface area contributed by atoms with Gasteiger partial charge in [0.2, 0.25) is 5.91 Å². The summed E-state index contributed by atoms with van der Waals surface area (Å²) in [5.41, 5.74) is 2.78. The number of nitrogens with one attached hydrogen (secondary N) is 1. The van der Waals surface area contributed by atoms with Gasteiger partial charge in [0.1, 0.15) is 11.3 Å². The van der Waals surface area contributed by atoms with E-state index in [4.69, 9.17) is 4.74 Å². The van der Waals surface area contributed by atoms with Crippen LogP contribution in [0, 0.1) is 0 Å². The Morgan fingerprint density at radius 2 is 1.96 bits per heavy atom. The molecule has 1 amide bonds. The Morgan fingerprint density at radius 1 is 1.20 bits per heavy atom. The summed E-state index contributed by atoms with van der Waals surface area (Å²) in [6, 6.07) is 15.4. The first-order valence-electron chi connectivity index (χ1n) is 8.45. The first-order chi connectivity index (χ1) is 12.2. The van der Waals surface area contributed by atoms with Crippen LogP contribution in [0.15, 0.2) is 48.5 Å². The van der Waals surface area contributed by atoms with Crippen LogP contribution in [0.3, 0.4) is 0 Å². The molecule has 0 unspecified atom stereocenters. The molecule has 0 radical (unpaired) electrons. The molecule has 6 heteroatoms. The van der Waals surface area contributed by atoms with Gasteiger partial charge in [-0.2, -0.15) is 0 Å². The van der Waals surface area contributed by atoms with E-state index in [2.05, 4.69) is 15.6 Å². The monoisotopic (exact) mass is 338 g/mol. The summed E-state index contributed by atoms with van der Waals surface area (Å²) in [5, 5.41) is 11.3. The molecule has 3 rings (SSSR count). The molecule has 1 atom stereocenters. The standard InChI is InChI=1S/C19H22N4O2/c1-3-25-16-10-8-15(9-11-16)12-19(24)20-14(2)13-23-18-7-5-4-6-17(18)21-22-23/h4-11,14H,3,12-13H2,1-2H3,(H,20,24)/t14-/m0/s1. The first kappa shape index (κ1) is 17.0. The Morgan fingerprint density at radius 3 is 2.72 bits per heavy atom. The van der Waals surface area contributed by atoms with E-state index in [1.54, 1.807) is 0 Å². The van der Waals surface area contributed by atoms with Crippen LogP contribution in [-0.2, 0) is 17.8 Å². The van der Waals surface area contributed by atoms with Crippen LogP contribution in [0.2, 0.25) is 0 Å². The van der Waals surface area contributed by atoms with Crippen LogP contribution in [0.4, 0.5) is 0 Å². The summed E-state index contributed by atoms with van der Waals surface area (Å²) in [7, 11) is 0. The Kier molecular flexibility index (Phi) is 5.28. The topological polar surface area (TPSA) is 69.0 Å². The highest BCUT2D eigenvalue weighted by molar-refractivity contribution is 5.79. The molecule has 0 fully saturated rings. The molecular formula is C19H22N4O2. The predicted octanol–water partition coefficient (Wildman–Crippen LogP) is 2.58. The molecule has 0 aliphatic rings. The molecule has 2 aromatic carbocycles. The lowest BCUT2D eigenvalue weighted by Gasteiger charge is -2.14. The van der Waals surface area contributed by atoms with E-state index in [9.17, 15) is 4.79 Å². The van der Waals surface area contributed by atoms with Crippen molar-refractivity contribution in [2.45, 2.75) is 32.9 Å². The number of aromatic nitrogens is 3. The number of rotatable bonds is 7. The lowest BCUT2D eigenvalue weighted by atomic mass is 10.1. The Bertz CT molecular complexity index is 842. The average molecular weight is 338 g/mol. The SMILES string of the molecule is CCOc1ccc(CC(=O)N[C@@H](C)Cn2nnc3ccccc32)cc1. The number of ether oxygens (including phenoxy) is 1. The molecule has 0 saturated heterocycles. The van der Waals surface area contributed by atoms with Gasteiger partial charge in [-0.25, -0.2) is 4.68 Å². The van der Waals surface area contributed by atoms with Crippen LogP contribution in [-0.4, -0.2) is 33.5 Å². The summed E-state index contributed by atoms with van der Waals surface area (Å²) in [5.74, 6) is 0.805. The molecule has 1 N–H and O–H groups in total. The molecule has 6 nitrogen and oxygen atoms in total. The summed E-state index contributed by atoms with van der Waals surface area (Å²) < 4.78 is 7.22. The molecule has 0 saturated carbocycles. The van der Waals surface area contributed by atoms with Crippen molar-refractivity contribution in [1.82, 2.24) is 20.3 Å². The second kappa shape index (κ2) is 7.79. The number of para-hydroxylation sites is 1. The van der Waals surface area contributed by atoms with Crippen molar-refractivity contribution in [3.8, 4) is 5.75 Å². The molecule has 1 aromatic heterocycles. The fourth-order valence-electron chi connectivity index (χ4n) is 2.74. The summed E-state index contributed by atoms with van der Waals surface area (Å²) in [6.07, 6.45) is 0.342. The highest BCUT2D eigenvalue weighted by Crippen LogP contribution is 2.13. The number of hydrogen-bond acceptors (Lipinski definition) is 4. The van der Waals surface area contributed by atoms with E-state index in [1.165, 1.54) is 0 Å². The minimum absolute atomic E-state index is 0.0129. The van der Waals surface area contributed by atoms with E-state index in [0.717, 1.165) is 22.3 Å². The Balaban J connectivity index is 1.55. The van der Waals surface area contributed by atoms with Crippen molar-refractivity contribution in [1.29, 1.82) is 0 Å². The van der Waals surface area contributed by atoms with E-state index >= 15 is 0 Å². The second-order valence-corrected chi connectivity index (χ2v) is 5.98. The molecule has 0 spiro atoms. The summed E-state index contributed by atoms with van der Waals surface area (Å²) in [6.45, 7) is 5.12. The molecule has 1 heterocycles. The number of carbonyl (C=O) groups is 1. The summed E-state index contributed by atoms with van der Waals surface area (Å²) >= 11 is 0. The third-order valence-corrected chi connectivity index (χ3v) is 3.87. The molecular weight excluding hydrogens is 316 g/mol. The van der Waals surface area contributed by atoms with Gasteiger partial charge in [0, 0.05) is 6.04 Å². The van der Waals surface area contributed by atoms with Crippen LogP contribution < -0.4 is 10.1 Å². The third-order valence-electron chi connectivity index (χ3n) is 3.87. The zero-order valence-electron chi connectivity index (χ0n) is 14.5. The lowest BCUT2D eigenvalue weighted by Crippen LogP contribution is -2.36. The van der Waals surface area contributed by atoms with Crippen LogP contribution in [0.5, 0.6) is 5.75 Å². The Labute approximate surface area is 146 Å². The van der Waals surface area contributed by atoms with Gasteiger partial charge < -0.3 is 10.1 Å². The number of nitrogens with zero attached hydrogens (tertiary/aromatic N) is 3. The van der Waals surface area contributed by atoms with Crippen molar-refractivity contribution in [2.75, 3.05) is 6.61 Å². The van der Waals surface area contributed by atoms with Gasteiger partial charge in [-0.3, -0.25) is 4.79 Å². The third kappa shape index (κ3) is 4.35. The van der Waals surface area contributed by atoms with Crippen LogP contribution >= 0.6 is 0 Å². The van der Waals surface area contributed by atoms with E-state index in [-0.39, 0.29) is 11.9 Å². The Hall–Kier alpha value is -2.89. The molecule has 0 bridgehead atoms. The lowest BCUT2D eigenvalue weighted by molar-refractivity contribution is -0.121. The first-order valence-corrected chi connectivity index (χ1v) is 8.45. The molecule has 3 aromatic rings. The van der Waals surface area contributed by atoms with Crippen molar-refractivity contribution < 1.29 is 9.53 Å². The van der Waals surface area contributed by atoms with Gasteiger partial charge in [-0.15, -0.1) is 5.10 Å². The minimum atomic E-state index is -0.0414. The average Bonchev–Trinajstić information content (AvgIpc) is 3.00. The van der Waals surface area contributed by atoms with Crippen molar-refractivity contribution >= 4 is 16.9 Å². The van der Waals surface area contributed by atoms with Gasteiger partial charge in [0.25, 0.3) is 0 Å². The van der Waals surface area contributed by atoms with Crippen molar-refractivity contribution in [3.05, 3.63) is 54.1 Å². The number of benzene rings is 2. The van der Waals surface area contributed by atoms with Crippen molar-refractivity contribution in [2.24, 2.45) is 0 Å². The highest BCUT2D eigenvalue weighted by atomic mass is 16.5. The zero-order valence-corrected chi connectivity index (χ0v) is 14.5. The number of carbonyl (C=O) groups excluding carboxylic acids is 1. The normalized spacial score (nSPS) is 12.1.